The number of carboxylic acid groups (broad SMARTS) is 1. The monoisotopic (exact) mass is 233 g/mol. The van der Waals surface area contributed by atoms with Crippen LogP contribution in [0.25, 0.3) is 0 Å². The topological polar surface area (TPSA) is 63.3 Å². The zero-order chi connectivity index (χ0) is 10.9. The van der Waals surface area contributed by atoms with Gasteiger partial charge in [0.2, 0.25) is 0 Å². The van der Waals surface area contributed by atoms with Crippen molar-refractivity contribution in [1.29, 1.82) is 0 Å². The molecule has 1 aromatic heterocycles. The van der Waals surface area contributed by atoms with Gasteiger partial charge in [-0.3, -0.25) is 4.79 Å². The van der Waals surface area contributed by atoms with Crippen molar-refractivity contribution in [3.05, 3.63) is 21.3 Å². The number of hydrogen-bond acceptors (Lipinski definition) is 3. The number of carbonyl (C=O) groups is 1. The van der Waals surface area contributed by atoms with E-state index in [1.807, 2.05) is 0 Å². The summed E-state index contributed by atoms with van der Waals surface area (Å²) in [5, 5.41) is 11.3. The van der Waals surface area contributed by atoms with E-state index in [9.17, 15) is 4.79 Å². The number of hydrogen-bond donors (Lipinski definition) is 2. The van der Waals surface area contributed by atoms with E-state index in [4.69, 9.17) is 22.4 Å². The second-order valence-corrected chi connectivity index (χ2v) is 4.99. The summed E-state index contributed by atoms with van der Waals surface area (Å²) in [6.45, 7) is 3.19. The lowest BCUT2D eigenvalue weighted by molar-refractivity contribution is -0.148. The molecule has 1 rings (SSSR count). The largest absolute Gasteiger partial charge is 0.481 e. The van der Waals surface area contributed by atoms with Gasteiger partial charge in [0.15, 0.2) is 0 Å². The summed E-state index contributed by atoms with van der Waals surface area (Å²) in [5.41, 5.74) is 4.86. The van der Waals surface area contributed by atoms with Crippen molar-refractivity contribution in [2.24, 2.45) is 11.1 Å². The molecule has 0 fully saturated rings. The van der Waals surface area contributed by atoms with Gasteiger partial charge < -0.3 is 10.8 Å². The Kier molecular flexibility index (Phi) is 3.19. The van der Waals surface area contributed by atoms with Gasteiger partial charge in [-0.05, 0) is 25.3 Å². The highest BCUT2D eigenvalue weighted by Crippen LogP contribution is 2.37. The van der Waals surface area contributed by atoms with Gasteiger partial charge >= 0.3 is 5.97 Å². The summed E-state index contributed by atoms with van der Waals surface area (Å²) >= 11 is 7.26. The third-order valence-corrected chi connectivity index (χ3v) is 3.70. The van der Waals surface area contributed by atoms with Crippen molar-refractivity contribution in [3.8, 4) is 0 Å². The minimum Gasteiger partial charge on any atom is -0.481 e. The maximum atomic E-state index is 11.0. The molecule has 0 amide bonds. The lowest BCUT2D eigenvalue weighted by atomic mass is 9.84. The molecule has 3 N–H and O–H groups in total. The molecule has 0 saturated heterocycles. The van der Waals surface area contributed by atoms with Gasteiger partial charge in [0.05, 0.1) is 16.5 Å². The van der Waals surface area contributed by atoms with Crippen molar-refractivity contribution >= 4 is 28.9 Å². The Hall–Kier alpha value is -0.580. The first-order valence-corrected chi connectivity index (χ1v) is 5.35. The van der Waals surface area contributed by atoms with Crippen molar-refractivity contribution < 1.29 is 9.90 Å². The fraction of sp³-hybridized carbons (Fsp3) is 0.444. The number of carboxylic acids is 1. The highest BCUT2D eigenvalue weighted by atomic mass is 35.5. The lowest BCUT2D eigenvalue weighted by Gasteiger charge is -2.26. The minimum absolute atomic E-state index is 0.539. The van der Waals surface area contributed by atoms with Gasteiger partial charge in [-0.2, -0.15) is 0 Å². The van der Waals surface area contributed by atoms with Crippen LogP contribution in [0.4, 0.5) is 0 Å². The van der Waals surface area contributed by atoms with Crippen LogP contribution in [0, 0.1) is 5.41 Å². The van der Waals surface area contributed by atoms with Crippen LogP contribution in [0.5, 0.6) is 0 Å². The zero-order valence-electron chi connectivity index (χ0n) is 7.95. The fourth-order valence-electron chi connectivity index (χ4n) is 0.988. The Bertz CT molecular complexity index is 348. The summed E-state index contributed by atoms with van der Waals surface area (Å²) < 4.78 is 0. The van der Waals surface area contributed by atoms with Gasteiger partial charge in [-0.15, -0.1) is 11.3 Å². The molecule has 3 nitrogen and oxygen atoms in total. The molecule has 0 aromatic carbocycles. The summed E-state index contributed by atoms with van der Waals surface area (Å²) in [6.07, 6.45) is 0. The summed E-state index contributed by atoms with van der Waals surface area (Å²) in [4.78, 5) is 11.7. The maximum Gasteiger partial charge on any atom is 0.311 e. The van der Waals surface area contributed by atoms with Gasteiger partial charge in [0.1, 0.15) is 0 Å². The Labute approximate surface area is 91.5 Å². The molecule has 0 spiro atoms. The third kappa shape index (κ3) is 1.92. The predicted molar refractivity (Wildman–Crippen MR) is 57.7 cm³/mol. The molecule has 0 aliphatic heterocycles. The van der Waals surface area contributed by atoms with Crippen molar-refractivity contribution in [2.45, 2.75) is 19.9 Å². The predicted octanol–water partition coefficient (Wildman–Crippen LogP) is 2.51. The van der Waals surface area contributed by atoms with Crippen molar-refractivity contribution in [1.82, 2.24) is 0 Å². The third-order valence-electron chi connectivity index (χ3n) is 2.26. The molecule has 0 aliphatic carbocycles. The zero-order valence-corrected chi connectivity index (χ0v) is 9.52. The molecule has 0 aliphatic rings. The Balaban J connectivity index is 3.02. The number of thiophene rings is 1. The molecule has 0 saturated carbocycles. The Morgan fingerprint density at radius 2 is 2.29 bits per heavy atom. The average molecular weight is 234 g/mol. The molecule has 1 aromatic rings. The van der Waals surface area contributed by atoms with Crippen LogP contribution in [0.15, 0.2) is 11.4 Å². The van der Waals surface area contributed by atoms with E-state index in [2.05, 4.69) is 0 Å². The SMILES string of the molecule is CC(C)(C(=O)O)[C@H](N)c1sccc1Cl. The smallest absolute Gasteiger partial charge is 0.311 e. The van der Waals surface area contributed by atoms with Crippen LogP contribution in [-0.4, -0.2) is 11.1 Å². The first-order chi connectivity index (χ1) is 6.37. The molecule has 1 heterocycles. The van der Waals surface area contributed by atoms with Crippen LogP contribution in [0.1, 0.15) is 24.8 Å². The molecular formula is C9H12ClNO2S. The van der Waals surface area contributed by atoms with Gasteiger partial charge in [-0.1, -0.05) is 11.6 Å². The Morgan fingerprint density at radius 3 is 2.64 bits per heavy atom. The van der Waals surface area contributed by atoms with Gasteiger partial charge in [-0.25, -0.2) is 0 Å². The molecule has 0 radical (unpaired) electrons. The molecule has 0 unspecified atom stereocenters. The van der Waals surface area contributed by atoms with E-state index >= 15 is 0 Å². The molecular weight excluding hydrogens is 222 g/mol. The van der Waals surface area contributed by atoms with Crippen LogP contribution in [-0.2, 0) is 4.79 Å². The molecule has 5 heteroatoms. The van der Waals surface area contributed by atoms with Crippen molar-refractivity contribution in [3.63, 3.8) is 0 Å². The standard InChI is InChI=1S/C9H12ClNO2S/c1-9(2,8(12)13)7(11)6-5(10)3-4-14-6/h3-4,7H,11H2,1-2H3,(H,12,13)/t7-/m1/s1. The second-order valence-electron chi connectivity index (χ2n) is 3.64. The summed E-state index contributed by atoms with van der Waals surface area (Å²) in [7, 11) is 0. The fourth-order valence-corrected chi connectivity index (χ4v) is 2.35. The van der Waals surface area contributed by atoms with E-state index in [1.54, 1.807) is 25.3 Å². The van der Waals surface area contributed by atoms with Crippen LogP contribution >= 0.6 is 22.9 Å². The maximum absolute atomic E-state index is 11.0. The van der Waals surface area contributed by atoms with Gasteiger partial charge in [0.25, 0.3) is 0 Å². The quantitative estimate of drug-likeness (QED) is 0.843. The number of halogens is 1. The van der Waals surface area contributed by atoms with Crippen LogP contribution in [0.2, 0.25) is 5.02 Å². The highest BCUT2D eigenvalue weighted by Gasteiger charge is 2.36. The van der Waals surface area contributed by atoms with E-state index in [1.165, 1.54) is 11.3 Å². The first-order valence-electron chi connectivity index (χ1n) is 4.09. The Morgan fingerprint density at radius 1 is 1.71 bits per heavy atom. The summed E-state index contributed by atoms with van der Waals surface area (Å²) in [5.74, 6) is -0.922. The van der Waals surface area contributed by atoms with E-state index in [-0.39, 0.29) is 0 Å². The number of nitrogens with two attached hydrogens (primary N) is 1. The minimum atomic E-state index is -1.01. The summed E-state index contributed by atoms with van der Waals surface area (Å²) in [6, 6.07) is 1.15. The van der Waals surface area contributed by atoms with E-state index in [0.29, 0.717) is 5.02 Å². The van der Waals surface area contributed by atoms with Crippen molar-refractivity contribution in [2.75, 3.05) is 0 Å². The van der Waals surface area contributed by atoms with Crippen LogP contribution in [0.3, 0.4) is 0 Å². The molecule has 0 bridgehead atoms. The molecule has 78 valence electrons. The second kappa shape index (κ2) is 3.88. The van der Waals surface area contributed by atoms with E-state index < -0.39 is 17.4 Å². The van der Waals surface area contributed by atoms with Crippen LogP contribution < -0.4 is 5.73 Å². The number of aliphatic carboxylic acids is 1. The molecule has 1 atom stereocenters. The average Bonchev–Trinajstić information content (AvgIpc) is 2.49. The first kappa shape index (κ1) is 11.5. The lowest BCUT2D eigenvalue weighted by Crippen LogP contribution is -2.36. The highest BCUT2D eigenvalue weighted by molar-refractivity contribution is 7.10. The van der Waals surface area contributed by atoms with E-state index in [0.717, 1.165) is 4.88 Å². The number of rotatable bonds is 3. The van der Waals surface area contributed by atoms with Gasteiger partial charge in [0, 0.05) is 4.88 Å². The normalized spacial score (nSPS) is 14.0. The molecule has 14 heavy (non-hydrogen) atoms.